The summed E-state index contributed by atoms with van der Waals surface area (Å²) < 4.78 is 38.6. The Morgan fingerprint density at radius 3 is 2.41 bits per heavy atom. The van der Waals surface area contributed by atoms with Crippen molar-refractivity contribution in [1.82, 2.24) is 14.7 Å². The van der Waals surface area contributed by atoms with Crippen molar-refractivity contribution in [1.29, 1.82) is 0 Å². The van der Waals surface area contributed by atoms with Gasteiger partial charge in [0.15, 0.2) is 0 Å². The Morgan fingerprint density at radius 1 is 1.09 bits per heavy atom. The first-order valence-corrected chi connectivity index (χ1v) is 11.9. The molecule has 32 heavy (non-hydrogen) atoms. The number of alkyl halides is 3. The predicted molar refractivity (Wildman–Crippen MR) is 119 cm³/mol. The maximum Gasteiger partial charge on any atom is 0.416 e. The number of rotatable bonds is 3. The van der Waals surface area contributed by atoms with Crippen LogP contribution < -0.4 is 0 Å². The van der Waals surface area contributed by atoms with E-state index in [2.05, 4.69) is 4.90 Å². The summed E-state index contributed by atoms with van der Waals surface area (Å²) in [7, 11) is 2.03. The molecule has 0 radical (unpaired) electrons. The van der Waals surface area contributed by atoms with Crippen molar-refractivity contribution in [3.8, 4) is 0 Å². The van der Waals surface area contributed by atoms with E-state index in [4.69, 9.17) is 0 Å². The number of hydrogen-bond donors (Lipinski definition) is 0. The second-order valence-corrected chi connectivity index (χ2v) is 10.0. The number of carbonyl (C=O) groups is 2. The van der Waals surface area contributed by atoms with Crippen LogP contribution in [0.5, 0.6) is 0 Å². The molecule has 9 heteroatoms. The van der Waals surface area contributed by atoms with Crippen molar-refractivity contribution in [3.63, 3.8) is 0 Å². The van der Waals surface area contributed by atoms with Crippen molar-refractivity contribution in [2.45, 2.75) is 43.2 Å². The van der Waals surface area contributed by atoms with E-state index in [1.807, 2.05) is 11.9 Å². The van der Waals surface area contributed by atoms with E-state index in [0.717, 1.165) is 50.9 Å². The fourth-order valence-corrected chi connectivity index (χ4v) is 6.06. The Balaban J connectivity index is 1.53. The van der Waals surface area contributed by atoms with Gasteiger partial charge < -0.3 is 14.7 Å². The maximum absolute atomic E-state index is 13.4. The van der Waals surface area contributed by atoms with Gasteiger partial charge in [0.1, 0.15) is 6.54 Å². The van der Waals surface area contributed by atoms with E-state index >= 15 is 0 Å². The number of hydrogen-bond acceptors (Lipinski definition) is 4. The van der Waals surface area contributed by atoms with Gasteiger partial charge in [-0.3, -0.25) is 9.59 Å². The third kappa shape index (κ3) is 5.14. The molecule has 0 bridgehead atoms. The molecule has 0 N–H and O–H groups in total. The zero-order valence-electron chi connectivity index (χ0n) is 18.1. The molecular formula is C23H28F3N3O2S. The smallest absolute Gasteiger partial charge is 0.339 e. The number of piperazine rings is 1. The molecule has 2 atom stereocenters. The van der Waals surface area contributed by atoms with Gasteiger partial charge in [0.2, 0.25) is 5.91 Å². The standard InChI is InChI=1S/C23H28F3N3O2S/c1-27-10-12-28(13-11-27)21(30)15-29-18-4-2-3-5-19(18)32-20(22(29)31)14-16-6-8-17(9-7-16)23(24,25)26/h6-9,14,18-19H,2-5,10-13,15H2,1H3/b20-14+. The van der Waals surface area contributed by atoms with E-state index in [0.29, 0.717) is 23.6 Å². The maximum atomic E-state index is 13.4. The Labute approximate surface area is 190 Å². The summed E-state index contributed by atoms with van der Waals surface area (Å²) in [6.45, 7) is 3.03. The highest BCUT2D eigenvalue weighted by atomic mass is 32.2. The van der Waals surface area contributed by atoms with E-state index in [1.54, 1.807) is 11.0 Å². The van der Waals surface area contributed by atoms with Gasteiger partial charge in [0, 0.05) is 37.5 Å². The number of nitrogens with zero attached hydrogens (tertiary/aromatic N) is 3. The zero-order chi connectivity index (χ0) is 22.9. The van der Waals surface area contributed by atoms with Gasteiger partial charge in [-0.2, -0.15) is 13.2 Å². The predicted octanol–water partition coefficient (Wildman–Crippen LogP) is 3.71. The lowest BCUT2D eigenvalue weighted by Crippen LogP contribution is -2.56. The van der Waals surface area contributed by atoms with Crippen LogP contribution in [0.1, 0.15) is 36.8 Å². The van der Waals surface area contributed by atoms with Crippen molar-refractivity contribution >= 4 is 29.7 Å². The molecule has 3 fully saturated rings. The highest BCUT2D eigenvalue weighted by molar-refractivity contribution is 8.04. The molecule has 2 saturated heterocycles. The molecule has 1 saturated carbocycles. The average Bonchev–Trinajstić information content (AvgIpc) is 2.76. The topological polar surface area (TPSA) is 43.9 Å². The summed E-state index contributed by atoms with van der Waals surface area (Å²) in [4.78, 5) is 32.5. The quantitative estimate of drug-likeness (QED) is 0.636. The van der Waals surface area contributed by atoms with E-state index < -0.39 is 11.7 Å². The highest BCUT2D eigenvalue weighted by Gasteiger charge is 2.41. The van der Waals surface area contributed by atoms with Gasteiger partial charge in [0.25, 0.3) is 5.91 Å². The van der Waals surface area contributed by atoms with Gasteiger partial charge in [-0.15, -0.1) is 11.8 Å². The van der Waals surface area contributed by atoms with Crippen LogP contribution in [-0.4, -0.2) is 77.6 Å². The van der Waals surface area contributed by atoms with Crippen LogP contribution in [0.15, 0.2) is 29.2 Å². The largest absolute Gasteiger partial charge is 0.416 e. The van der Waals surface area contributed by atoms with Gasteiger partial charge in [0.05, 0.1) is 10.5 Å². The number of likely N-dealkylation sites (N-methyl/N-ethyl adjacent to an activating group) is 1. The molecular weight excluding hydrogens is 439 g/mol. The fraction of sp³-hybridized carbons (Fsp3) is 0.565. The first-order valence-electron chi connectivity index (χ1n) is 11.1. The van der Waals surface area contributed by atoms with Crippen molar-refractivity contribution in [2.75, 3.05) is 39.8 Å². The van der Waals surface area contributed by atoms with Crippen LogP contribution in [-0.2, 0) is 15.8 Å². The Hall–Kier alpha value is -2.00. The first kappa shape index (κ1) is 23.2. The third-order valence-electron chi connectivity index (χ3n) is 6.52. The molecule has 2 amide bonds. The summed E-state index contributed by atoms with van der Waals surface area (Å²) in [5.74, 6) is -0.225. The van der Waals surface area contributed by atoms with E-state index in [1.165, 1.54) is 23.9 Å². The fourth-order valence-electron chi connectivity index (χ4n) is 4.58. The average molecular weight is 468 g/mol. The number of amides is 2. The lowest BCUT2D eigenvalue weighted by molar-refractivity contribution is -0.141. The van der Waals surface area contributed by atoms with Gasteiger partial charge in [-0.25, -0.2) is 0 Å². The van der Waals surface area contributed by atoms with Gasteiger partial charge in [-0.1, -0.05) is 25.0 Å². The summed E-state index contributed by atoms with van der Waals surface area (Å²) in [6.07, 6.45) is 1.23. The Morgan fingerprint density at radius 2 is 1.75 bits per heavy atom. The molecule has 1 aromatic rings. The molecule has 2 unspecified atom stereocenters. The molecule has 0 spiro atoms. The number of carbonyl (C=O) groups excluding carboxylic acids is 2. The summed E-state index contributed by atoms with van der Waals surface area (Å²) in [5, 5.41) is 0.211. The van der Waals surface area contributed by atoms with Gasteiger partial charge in [-0.05, 0) is 43.7 Å². The number of halogens is 3. The van der Waals surface area contributed by atoms with Crippen molar-refractivity contribution in [2.24, 2.45) is 0 Å². The molecule has 174 valence electrons. The summed E-state index contributed by atoms with van der Waals surface area (Å²) >= 11 is 1.51. The van der Waals surface area contributed by atoms with Crippen LogP contribution in [0.4, 0.5) is 13.2 Å². The van der Waals surface area contributed by atoms with E-state index in [9.17, 15) is 22.8 Å². The minimum atomic E-state index is -4.39. The van der Waals surface area contributed by atoms with E-state index in [-0.39, 0.29) is 29.7 Å². The van der Waals surface area contributed by atoms with Gasteiger partial charge >= 0.3 is 6.18 Å². The second-order valence-electron chi connectivity index (χ2n) is 8.75. The zero-order valence-corrected chi connectivity index (χ0v) is 18.9. The minimum absolute atomic E-state index is 0.0300. The Bertz CT molecular complexity index is 879. The summed E-state index contributed by atoms with van der Waals surface area (Å²) in [6, 6.07) is 4.86. The molecule has 1 aliphatic carbocycles. The van der Waals surface area contributed by atoms with Crippen LogP contribution in [0.2, 0.25) is 0 Å². The molecule has 2 heterocycles. The monoisotopic (exact) mass is 467 g/mol. The van der Waals surface area contributed by atoms with Crippen molar-refractivity contribution in [3.05, 3.63) is 40.3 Å². The molecule has 2 aliphatic heterocycles. The second kappa shape index (κ2) is 9.47. The summed E-state index contributed by atoms with van der Waals surface area (Å²) in [5.41, 5.74) is -0.164. The minimum Gasteiger partial charge on any atom is -0.339 e. The Kier molecular flexibility index (Phi) is 6.86. The number of fused-ring (bicyclic) bond motifs is 1. The highest BCUT2D eigenvalue weighted by Crippen LogP contribution is 2.42. The normalized spacial score (nSPS) is 26.4. The molecule has 0 aromatic heterocycles. The third-order valence-corrected chi connectivity index (χ3v) is 7.91. The number of thioether (sulfide) groups is 1. The first-order chi connectivity index (χ1) is 15.2. The molecule has 4 rings (SSSR count). The van der Waals surface area contributed by atoms with Crippen LogP contribution >= 0.6 is 11.8 Å². The SMILES string of the molecule is CN1CCN(C(=O)CN2C(=O)/C(=C\c3ccc(C(F)(F)F)cc3)SC3CCCCC32)CC1. The molecule has 5 nitrogen and oxygen atoms in total. The van der Waals surface area contributed by atoms with Crippen molar-refractivity contribution < 1.29 is 22.8 Å². The van der Waals surface area contributed by atoms with Crippen LogP contribution in [0.3, 0.4) is 0 Å². The van der Waals surface area contributed by atoms with Crippen LogP contribution in [0.25, 0.3) is 6.08 Å². The molecule has 3 aliphatic rings. The number of benzene rings is 1. The molecule has 1 aromatic carbocycles. The van der Waals surface area contributed by atoms with Crippen LogP contribution in [0, 0.1) is 0 Å². The lowest BCUT2D eigenvalue weighted by Gasteiger charge is -2.44. The lowest BCUT2D eigenvalue weighted by atomic mass is 9.93.